The molecule has 2 heterocycles. The Morgan fingerprint density at radius 3 is 2.23 bits per heavy atom. The molecule has 1 saturated heterocycles. The van der Waals surface area contributed by atoms with Crippen molar-refractivity contribution in [3.63, 3.8) is 0 Å². The van der Waals surface area contributed by atoms with Gasteiger partial charge in [-0.25, -0.2) is 0 Å². The van der Waals surface area contributed by atoms with Gasteiger partial charge in [0, 0.05) is 37.9 Å². The van der Waals surface area contributed by atoms with Crippen LogP contribution in [0.4, 0.5) is 0 Å². The van der Waals surface area contributed by atoms with Gasteiger partial charge in [0.05, 0.1) is 6.61 Å². The van der Waals surface area contributed by atoms with Gasteiger partial charge in [0.2, 0.25) is 0 Å². The Hall–Kier alpha value is -2.76. The first-order valence-electron chi connectivity index (χ1n) is 9.14. The van der Waals surface area contributed by atoms with Gasteiger partial charge in [-0.2, -0.15) is 0 Å². The first kappa shape index (κ1) is 18.0. The smallest absolute Gasteiger partial charge is 0.270 e. The fourth-order valence-corrected chi connectivity index (χ4v) is 2.96. The van der Waals surface area contributed by atoms with E-state index in [0.29, 0.717) is 44.0 Å². The molecule has 0 aliphatic carbocycles. The summed E-state index contributed by atoms with van der Waals surface area (Å²) in [7, 11) is 0. The van der Waals surface area contributed by atoms with E-state index in [1.165, 1.54) is 0 Å². The number of ether oxygens (including phenoxy) is 1. The molecule has 1 aliphatic rings. The summed E-state index contributed by atoms with van der Waals surface area (Å²) in [6.45, 7) is 4.99. The molecule has 138 valence electrons. The summed E-state index contributed by atoms with van der Waals surface area (Å²) >= 11 is 0. The van der Waals surface area contributed by atoms with E-state index in [1.54, 1.807) is 34.2 Å². The normalized spacial score (nSPS) is 14.3. The van der Waals surface area contributed by atoms with Gasteiger partial charge in [-0.1, -0.05) is 13.3 Å². The monoisotopic (exact) mass is 355 g/mol. The molecule has 2 aromatic rings. The van der Waals surface area contributed by atoms with E-state index in [-0.39, 0.29) is 11.8 Å². The first-order valence-corrected chi connectivity index (χ1v) is 9.14. The van der Waals surface area contributed by atoms with Gasteiger partial charge >= 0.3 is 0 Å². The van der Waals surface area contributed by atoms with Crippen molar-refractivity contribution in [2.24, 2.45) is 0 Å². The molecule has 3 rings (SSSR count). The number of aromatic amines is 1. The minimum absolute atomic E-state index is 0.00270. The summed E-state index contributed by atoms with van der Waals surface area (Å²) in [4.78, 5) is 31.5. The lowest BCUT2D eigenvalue weighted by Gasteiger charge is -2.34. The Morgan fingerprint density at radius 1 is 1.00 bits per heavy atom. The van der Waals surface area contributed by atoms with E-state index in [9.17, 15) is 9.59 Å². The lowest BCUT2D eigenvalue weighted by Crippen LogP contribution is -2.50. The lowest BCUT2D eigenvalue weighted by atomic mass is 10.1. The molecule has 0 radical (unpaired) electrons. The van der Waals surface area contributed by atoms with Gasteiger partial charge < -0.3 is 19.5 Å². The molecule has 6 heteroatoms. The topological polar surface area (TPSA) is 65.6 Å². The maximum atomic E-state index is 12.7. The number of carbonyl (C=O) groups is 2. The number of carbonyl (C=O) groups excluding carboxylic acids is 2. The van der Waals surface area contributed by atoms with Crippen molar-refractivity contribution in [1.29, 1.82) is 0 Å². The van der Waals surface area contributed by atoms with Crippen LogP contribution < -0.4 is 4.74 Å². The van der Waals surface area contributed by atoms with Gasteiger partial charge in [-0.15, -0.1) is 0 Å². The van der Waals surface area contributed by atoms with Crippen molar-refractivity contribution < 1.29 is 14.3 Å². The van der Waals surface area contributed by atoms with E-state index < -0.39 is 0 Å². The molecule has 0 saturated carbocycles. The largest absolute Gasteiger partial charge is 0.494 e. The maximum Gasteiger partial charge on any atom is 0.270 e. The van der Waals surface area contributed by atoms with Crippen LogP contribution in [0.25, 0.3) is 0 Å². The van der Waals surface area contributed by atoms with Gasteiger partial charge in [-0.05, 0) is 42.8 Å². The Labute approximate surface area is 153 Å². The number of amides is 2. The van der Waals surface area contributed by atoms with Crippen LogP contribution in [0, 0.1) is 0 Å². The van der Waals surface area contributed by atoms with Crippen molar-refractivity contribution >= 4 is 11.8 Å². The zero-order valence-electron chi connectivity index (χ0n) is 15.1. The number of hydrogen-bond donors (Lipinski definition) is 1. The van der Waals surface area contributed by atoms with E-state index in [2.05, 4.69) is 11.9 Å². The second-order valence-corrected chi connectivity index (χ2v) is 6.39. The Bertz CT molecular complexity index is 717. The number of hydrogen-bond acceptors (Lipinski definition) is 3. The standard InChI is InChI=1S/C20H25N3O3/c1-2-3-15-26-17-8-6-16(7-9-17)19(24)22-11-13-23(14-12-22)20(25)18-5-4-10-21-18/h4-10,21H,2-3,11-15H2,1H3. The highest BCUT2D eigenvalue weighted by Gasteiger charge is 2.25. The molecule has 0 spiro atoms. The molecule has 1 aromatic carbocycles. The molecule has 1 aromatic heterocycles. The van der Waals surface area contributed by atoms with E-state index in [0.717, 1.165) is 18.6 Å². The van der Waals surface area contributed by atoms with Crippen LogP contribution in [0.15, 0.2) is 42.6 Å². The number of H-pyrrole nitrogens is 1. The molecule has 1 N–H and O–H groups in total. The maximum absolute atomic E-state index is 12.7. The number of nitrogens with one attached hydrogen (secondary N) is 1. The predicted molar refractivity (Wildman–Crippen MR) is 99.4 cm³/mol. The molecule has 0 atom stereocenters. The summed E-state index contributed by atoms with van der Waals surface area (Å²) < 4.78 is 5.63. The average molecular weight is 355 g/mol. The van der Waals surface area contributed by atoms with Crippen molar-refractivity contribution in [3.8, 4) is 5.75 Å². The third-order valence-electron chi connectivity index (χ3n) is 4.55. The van der Waals surface area contributed by atoms with Gasteiger partial charge in [0.15, 0.2) is 0 Å². The van der Waals surface area contributed by atoms with Crippen molar-refractivity contribution in [3.05, 3.63) is 53.9 Å². The first-order chi connectivity index (χ1) is 12.7. The van der Waals surface area contributed by atoms with Gasteiger partial charge in [-0.3, -0.25) is 9.59 Å². The average Bonchev–Trinajstić information content (AvgIpc) is 3.23. The van der Waals surface area contributed by atoms with Crippen molar-refractivity contribution in [1.82, 2.24) is 14.8 Å². The highest BCUT2D eigenvalue weighted by Crippen LogP contribution is 2.16. The number of piperazine rings is 1. The summed E-state index contributed by atoms with van der Waals surface area (Å²) in [6, 6.07) is 10.9. The minimum atomic E-state index is -0.0179. The molecular formula is C20H25N3O3. The highest BCUT2D eigenvalue weighted by molar-refractivity contribution is 5.95. The second-order valence-electron chi connectivity index (χ2n) is 6.39. The van der Waals surface area contributed by atoms with Crippen molar-refractivity contribution in [2.75, 3.05) is 32.8 Å². The van der Waals surface area contributed by atoms with E-state index in [1.807, 2.05) is 18.2 Å². The summed E-state index contributed by atoms with van der Waals surface area (Å²) in [6.07, 6.45) is 3.85. The highest BCUT2D eigenvalue weighted by atomic mass is 16.5. The molecule has 1 fully saturated rings. The summed E-state index contributed by atoms with van der Waals surface area (Å²) in [5.41, 5.74) is 1.24. The lowest BCUT2D eigenvalue weighted by molar-refractivity contribution is 0.0532. The minimum Gasteiger partial charge on any atom is -0.494 e. The van der Waals surface area contributed by atoms with Gasteiger partial charge in [0.1, 0.15) is 11.4 Å². The third-order valence-corrected chi connectivity index (χ3v) is 4.55. The zero-order chi connectivity index (χ0) is 18.4. The fourth-order valence-electron chi connectivity index (χ4n) is 2.96. The van der Waals surface area contributed by atoms with Gasteiger partial charge in [0.25, 0.3) is 11.8 Å². The summed E-state index contributed by atoms with van der Waals surface area (Å²) in [5.74, 6) is 0.768. The molecule has 26 heavy (non-hydrogen) atoms. The Kier molecular flexibility index (Phi) is 5.94. The second kappa shape index (κ2) is 8.56. The van der Waals surface area contributed by atoms with Crippen LogP contribution in [0.3, 0.4) is 0 Å². The zero-order valence-corrected chi connectivity index (χ0v) is 15.1. The fraction of sp³-hybridized carbons (Fsp3) is 0.400. The quantitative estimate of drug-likeness (QED) is 0.811. The van der Waals surface area contributed by atoms with Crippen LogP contribution in [-0.4, -0.2) is 59.4 Å². The number of benzene rings is 1. The van der Waals surface area contributed by atoms with Crippen LogP contribution in [-0.2, 0) is 0 Å². The molecule has 1 aliphatic heterocycles. The Morgan fingerprint density at radius 2 is 1.65 bits per heavy atom. The Balaban J connectivity index is 1.52. The molecule has 0 unspecified atom stereocenters. The van der Waals surface area contributed by atoms with Crippen molar-refractivity contribution in [2.45, 2.75) is 19.8 Å². The third kappa shape index (κ3) is 4.25. The van der Waals surface area contributed by atoms with Crippen LogP contribution in [0.5, 0.6) is 5.75 Å². The number of nitrogens with zero attached hydrogens (tertiary/aromatic N) is 2. The molecule has 6 nitrogen and oxygen atoms in total. The van der Waals surface area contributed by atoms with Crippen LogP contribution in [0.1, 0.15) is 40.6 Å². The number of aromatic nitrogens is 1. The molecule has 0 bridgehead atoms. The SMILES string of the molecule is CCCCOc1ccc(C(=O)N2CCN(C(=O)c3ccc[nH]3)CC2)cc1. The summed E-state index contributed by atoms with van der Waals surface area (Å²) in [5, 5.41) is 0. The van der Waals surface area contributed by atoms with E-state index >= 15 is 0 Å². The van der Waals surface area contributed by atoms with E-state index in [4.69, 9.17) is 4.74 Å². The number of unbranched alkanes of at least 4 members (excludes halogenated alkanes) is 1. The molecular weight excluding hydrogens is 330 g/mol. The van der Waals surface area contributed by atoms with Crippen LogP contribution >= 0.6 is 0 Å². The van der Waals surface area contributed by atoms with Crippen LogP contribution in [0.2, 0.25) is 0 Å². The molecule has 2 amide bonds. The number of rotatable bonds is 6. The predicted octanol–water partition coefficient (Wildman–Crippen LogP) is 2.79.